The lowest BCUT2D eigenvalue weighted by Crippen LogP contribution is -2.26. The lowest BCUT2D eigenvalue weighted by molar-refractivity contribution is 0.563. The van der Waals surface area contributed by atoms with E-state index in [0.29, 0.717) is 10.0 Å². The Morgan fingerprint density at radius 2 is 2.00 bits per heavy atom. The van der Waals surface area contributed by atoms with E-state index in [0.717, 1.165) is 15.9 Å². The molecule has 3 rings (SSSR count). The van der Waals surface area contributed by atoms with Crippen LogP contribution in [0.1, 0.15) is 23.7 Å². The van der Waals surface area contributed by atoms with Crippen molar-refractivity contribution in [2.75, 3.05) is 0 Å². The van der Waals surface area contributed by atoms with Crippen molar-refractivity contribution in [2.24, 2.45) is 0 Å². The highest BCUT2D eigenvalue weighted by Crippen LogP contribution is 2.23. The molecule has 3 aromatic rings. The summed E-state index contributed by atoms with van der Waals surface area (Å²) >= 11 is 1.26. The first kappa shape index (κ1) is 14.2. The van der Waals surface area contributed by atoms with Crippen LogP contribution in [0.3, 0.4) is 0 Å². The maximum absolute atomic E-state index is 12.3. The number of benzene rings is 1. The van der Waals surface area contributed by atoms with E-state index in [1.165, 1.54) is 11.3 Å². The highest BCUT2D eigenvalue weighted by Gasteiger charge is 2.21. The number of aryl methyl sites for hydroxylation is 1. The van der Waals surface area contributed by atoms with Gasteiger partial charge in [0.15, 0.2) is 0 Å². The second-order valence-electron chi connectivity index (χ2n) is 4.85. The molecule has 2 aromatic heterocycles. The normalized spacial score (nSPS) is 13.6. The van der Waals surface area contributed by atoms with Gasteiger partial charge in [-0.25, -0.2) is 18.1 Å². The predicted octanol–water partition coefficient (Wildman–Crippen LogP) is 2.97. The maximum Gasteiger partial charge on any atom is 0.250 e. The van der Waals surface area contributed by atoms with Crippen LogP contribution in [0.15, 0.2) is 40.6 Å². The molecule has 0 saturated carbocycles. The van der Waals surface area contributed by atoms with Crippen molar-refractivity contribution in [2.45, 2.75) is 24.1 Å². The Labute approximate surface area is 127 Å². The predicted molar refractivity (Wildman–Crippen MR) is 83.9 cm³/mol. The van der Waals surface area contributed by atoms with E-state index in [9.17, 15) is 8.42 Å². The summed E-state index contributed by atoms with van der Waals surface area (Å²) in [6.07, 6.45) is 0. The van der Waals surface area contributed by atoms with Crippen molar-refractivity contribution in [3.63, 3.8) is 0 Å². The van der Waals surface area contributed by atoms with Crippen LogP contribution in [0.4, 0.5) is 0 Å². The van der Waals surface area contributed by atoms with Gasteiger partial charge in [0.1, 0.15) is 10.0 Å². The molecule has 0 bridgehead atoms. The van der Waals surface area contributed by atoms with Crippen LogP contribution >= 0.6 is 11.3 Å². The topological polar surface area (TPSA) is 74.8 Å². The number of para-hydroxylation sites is 2. The Hall–Kier alpha value is -1.70. The minimum Gasteiger partial charge on any atom is -0.341 e. The summed E-state index contributed by atoms with van der Waals surface area (Å²) in [5.74, 6) is 0.605. The summed E-state index contributed by atoms with van der Waals surface area (Å²) in [6.45, 7) is 3.65. The van der Waals surface area contributed by atoms with Gasteiger partial charge in [0.2, 0.25) is 0 Å². The van der Waals surface area contributed by atoms with Crippen LogP contribution in [0, 0.1) is 6.92 Å². The van der Waals surface area contributed by atoms with Gasteiger partial charge in [0, 0.05) is 4.88 Å². The molecule has 5 nitrogen and oxygen atoms in total. The van der Waals surface area contributed by atoms with Gasteiger partial charge < -0.3 is 4.98 Å². The van der Waals surface area contributed by atoms with Crippen molar-refractivity contribution >= 4 is 32.4 Å². The average molecular weight is 321 g/mol. The molecule has 0 spiro atoms. The summed E-state index contributed by atoms with van der Waals surface area (Å²) in [6, 6.07) is 10.6. The standard InChI is InChI=1S/C14H15N3O2S2/c1-9-7-8-13(20-9)21(18,19)17-10(2)14-15-11-5-3-4-6-12(11)16-14/h3-8,10,17H,1-2H3,(H,15,16). The molecule has 0 saturated heterocycles. The smallest absolute Gasteiger partial charge is 0.250 e. The monoisotopic (exact) mass is 321 g/mol. The minimum atomic E-state index is -3.52. The molecule has 2 heterocycles. The number of H-pyrrole nitrogens is 1. The van der Waals surface area contributed by atoms with Gasteiger partial charge in [0.05, 0.1) is 17.1 Å². The van der Waals surface area contributed by atoms with Crippen LogP contribution in [-0.2, 0) is 10.0 Å². The Morgan fingerprint density at radius 1 is 1.24 bits per heavy atom. The van der Waals surface area contributed by atoms with Gasteiger partial charge in [-0.05, 0) is 38.1 Å². The third-order valence-corrected chi connectivity index (χ3v) is 6.16. The van der Waals surface area contributed by atoms with Gasteiger partial charge in [-0.3, -0.25) is 0 Å². The summed E-state index contributed by atoms with van der Waals surface area (Å²) < 4.78 is 27.6. The number of thiophene rings is 1. The third-order valence-electron chi connectivity index (χ3n) is 3.13. The molecule has 0 aliphatic rings. The summed E-state index contributed by atoms with van der Waals surface area (Å²) in [4.78, 5) is 8.52. The molecule has 0 radical (unpaired) electrons. The Bertz CT molecular complexity index is 847. The fraction of sp³-hybridized carbons (Fsp3) is 0.214. The Morgan fingerprint density at radius 3 is 2.67 bits per heavy atom. The van der Waals surface area contributed by atoms with Crippen LogP contribution in [0.5, 0.6) is 0 Å². The molecular weight excluding hydrogens is 306 g/mol. The maximum atomic E-state index is 12.3. The summed E-state index contributed by atoms with van der Waals surface area (Å²) in [5.41, 5.74) is 1.72. The van der Waals surface area contributed by atoms with Crippen LogP contribution in [-0.4, -0.2) is 18.4 Å². The van der Waals surface area contributed by atoms with Gasteiger partial charge in [0.25, 0.3) is 10.0 Å². The molecule has 110 valence electrons. The molecule has 1 aromatic carbocycles. The quantitative estimate of drug-likeness (QED) is 0.776. The molecule has 7 heteroatoms. The number of aromatic amines is 1. The second-order valence-corrected chi connectivity index (χ2v) is 8.08. The molecule has 0 amide bonds. The number of hydrogen-bond acceptors (Lipinski definition) is 4. The number of nitrogens with zero attached hydrogens (tertiary/aromatic N) is 1. The number of fused-ring (bicyclic) bond motifs is 1. The molecule has 21 heavy (non-hydrogen) atoms. The van der Waals surface area contributed by atoms with Gasteiger partial charge >= 0.3 is 0 Å². The van der Waals surface area contributed by atoms with E-state index in [1.54, 1.807) is 19.1 Å². The Balaban J connectivity index is 1.87. The van der Waals surface area contributed by atoms with E-state index < -0.39 is 16.1 Å². The molecular formula is C14H15N3O2S2. The second kappa shape index (κ2) is 5.25. The van der Waals surface area contributed by atoms with Crippen LogP contribution < -0.4 is 4.72 Å². The summed E-state index contributed by atoms with van der Waals surface area (Å²) in [5, 5.41) is 0. The first-order chi connectivity index (χ1) is 9.95. The minimum absolute atomic E-state index is 0.322. The zero-order valence-corrected chi connectivity index (χ0v) is 13.3. The Kier molecular flexibility index (Phi) is 3.56. The zero-order valence-electron chi connectivity index (χ0n) is 11.6. The van der Waals surface area contributed by atoms with Crippen LogP contribution in [0.25, 0.3) is 11.0 Å². The lowest BCUT2D eigenvalue weighted by atomic mass is 10.3. The number of aromatic nitrogens is 2. The van der Waals surface area contributed by atoms with E-state index in [4.69, 9.17) is 0 Å². The molecule has 0 aliphatic heterocycles. The van der Waals surface area contributed by atoms with Gasteiger partial charge in [-0.2, -0.15) is 0 Å². The molecule has 1 atom stereocenters. The fourth-order valence-electron chi connectivity index (χ4n) is 2.08. The number of nitrogens with one attached hydrogen (secondary N) is 2. The molecule has 0 fully saturated rings. The van der Waals surface area contributed by atoms with E-state index in [2.05, 4.69) is 14.7 Å². The number of imidazole rings is 1. The largest absolute Gasteiger partial charge is 0.341 e. The number of rotatable bonds is 4. The van der Waals surface area contributed by atoms with Crippen molar-refractivity contribution in [3.8, 4) is 0 Å². The van der Waals surface area contributed by atoms with Crippen molar-refractivity contribution in [1.29, 1.82) is 0 Å². The lowest BCUT2D eigenvalue weighted by Gasteiger charge is -2.10. The van der Waals surface area contributed by atoms with Crippen LogP contribution in [0.2, 0.25) is 0 Å². The zero-order chi connectivity index (χ0) is 15.0. The highest BCUT2D eigenvalue weighted by atomic mass is 32.2. The van der Waals surface area contributed by atoms with Crippen molar-refractivity contribution in [3.05, 3.63) is 47.1 Å². The van der Waals surface area contributed by atoms with Crippen molar-refractivity contribution in [1.82, 2.24) is 14.7 Å². The van der Waals surface area contributed by atoms with E-state index >= 15 is 0 Å². The first-order valence-electron chi connectivity index (χ1n) is 6.49. The summed E-state index contributed by atoms with van der Waals surface area (Å²) in [7, 11) is -3.52. The first-order valence-corrected chi connectivity index (χ1v) is 8.79. The van der Waals surface area contributed by atoms with Crippen molar-refractivity contribution < 1.29 is 8.42 Å². The molecule has 0 aliphatic carbocycles. The number of hydrogen-bond donors (Lipinski definition) is 2. The van der Waals surface area contributed by atoms with Gasteiger partial charge in [-0.1, -0.05) is 12.1 Å². The van der Waals surface area contributed by atoms with E-state index in [-0.39, 0.29) is 0 Å². The van der Waals surface area contributed by atoms with E-state index in [1.807, 2.05) is 31.2 Å². The molecule has 1 unspecified atom stereocenters. The SMILES string of the molecule is Cc1ccc(S(=O)(=O)NC(C)c2nc3ccccc3[nH]2)s1. The molecule has 2 N–H and O–H groups in total. The van der Waals surface area contributed by atoms with Gasteiger partial charge in [-0.15, -0.1) is 11.3 Å². The number of sulfonamides is 1. The highest BCUT2D eigenvalue weighted by molar-refractivity contribution is 7.91. The average Bonchev–Trinajstić information content (AvgIpc) is 3.04. The third kappa shape index (κ3) is 2.85. The fourth-order valence-corrected chi connectivity index (χ4v) is 4.59.